The Hall–Kier alpha value is -2.79. The quantitative estimate of drug-likeness (QED) is 0.527. The second kappa shape index (κ2) is 9.61. The number of benzene rings is 2. The molecule has 0 atom stereocenters. The molecule has 1 aromatic heterocycles. The first kappa shape index (κ1) is 20.9. The monoisotopic (exact) mass is 407 g/mol. The Morgan fingerprint density at radius 2 is 1.69 bits per heavy atom. The normalized spacial score (nSPS) is 10.9. The molecule has 0 saturated heterocycles. The number of phenolic OH excluding ortho intramolecular Hbond substituents is 1. The molecule has 0 radical (unpaired) electrons. The molecule has 29 heavy (non-hydrogen) atoms. The highest BCUT2D eigenvalue weighted by Crippen LogP contribution is 2.32. The summed E-state index contributed by atoms with van der Waals surface area (Å²) in [6.07, 6.45) is 3.81. The van der Waals surface area contributed by atoms with Crippen molar-refractivity contribution < 1.29 is 14.6 Å². The van der Waals surface area contributed by atoms with E-state index in [0.29, 0.717) is 23.5 Å². The Bertz CT molecular complexity index is 969. The van der Waals surface area contributed by atoms with Gasteiger partial charge in [-0.2, -0.15) is 0 Å². The van der Waals surface area contributed by atoms with Gasteiger partial charge in [-0.05, 0) is 42.8 Å². The molecule has 0 spiro atoms. The SMILES string of the molecule is Cc1c(OCc2ccc(Sc3ccncc3)cc2)ccc(CC(=O)C(C)C)c1O. The van der Waals surface area contributed by atoms with E-state index in [1.165, 1.54) is 0 Å². The maximum Gasteiger partial charge on any atom is 0.139 e. The van der Waals surface area contributed by atoms with E-state index in [0.717, 1.165) is 15.4 Å². The predicted molar refractivity (Wildman–Crippen MR) is 116 cm³/mol. The summed E-state index contributed by atoms with van der Waals surface area (Å²) in [4.78, 5) is 18.3. The minimum atomic E-state index is -0.0506. The van der Waals surface area contributed by atoms with E-state index in [1.807, 2.05) is 51.1 Å². The van der Waals surface area contributed by atoms with Crippen LogP contribution in [0.1, 0.15) is 30.5 Å². The van der Waals surface area contributed by atoms with Crippen LogP contribution in [0.15, 0.2) is 70.7 Å². The maximum atomic E-state index is 12.0. The fraction of sp³-hybridized carbons (Fsp3) is 0.250. The molecule has 3 aromatic rings. The third-order valence-electron chi connectivity index (χ3n) is 4.68. The molecule has 4 nitrogen and oxygen atoms in total. The van der Waals surface area contributed by atoms with E-state index in [4.69, 9.17) is 4.74 Å². The molecule has 0 unspecified atom stereocenters. The molecule has 1 N–H and O–H groups in total. The predicted octanol–water partition coefficient (Wildman–Crippen LogP) is 5.59. The number of Topliss-reactive ketones (excluding diaryl/α,β-unsaturated/α-hetero) is 1. The van der Waals surface area contributed by atoms with E-state index >= 15 is 0 Å². The van der Waals surface area contributed by atoms with Crippen LogP contribution in [0.4, 0.5) is 0 Å². The second-order valence-corrected chi connectivity index (χ2v) is 8.36. The number of hydrogen-bond acceptors (Lipinski definition) is 5. The van der Waals surface area contributed by atoms with E-state index < -0.39 is 0 Å². The molecule has 3 rings (SSSR count). The summed E-state index contributed by atoms with van der Waals surface area (Å²) in [6.45, 7) is 5.95. The van der Waals surface area contributed by atoms with Crippen LogP contribution >= 0.6 is 11.8 Å². The second-order valence-electron chi connectivity index (χ2n) is 7.21. The molecule has 0 aliphatic rings. The molecule has 0 amide bonds. The summed E-state index contributed by atoms with van der Waals surface area (Å²) >= 11 is 1.68. The zero-order valence-corrected chi connectivity index (χ0v) is 17.7. The number of ether oxygens (including phenoxy) is 1. The van der Waals surface area contributed by atoms with Crippen molar-refractivity contribution in [2.75, 3.05) is 0 Å². The van der Waals surface area contributed by atoms with Crippen LogP contribution in [-0.2, 0) is 17.8 Å². The Morgan fingerprint density at radius 1 is 1.03 bits per heavy atom. The van der Waals surface area contributed by atoms with Gasteiger partial charge in [0.1, 0.15) is 23.9 Å². The average molecular weight is 408 g/mol. The maximum absolute atomic E-state index is 12.0. The minimum Gasteiger partial charge on any atom is -0.507 e. The third-order valence-corrected chi connectivity index (χ3v) is 5.69. The largest absolute Gasteiger partial charge is 0.507 e. The van der Waals surface area contributed by atoms with Crippen molar-refractivity contribution in [1.82, 2.24) is 4.98 Å². The molecule has 0 saturated carbocycles. The molecule has 150 valence electrons. The number of aromatic hydroxyl groups is 1. The number of ketones is 1. The number of carbonyl (C=O) groups excluding carboxylic acids is 1. The molecule has 5 heteroatoms. The van der Waals surface area contributed by atoms with E-state index in [-0.39, 0.29) is 23.9 Å². The minimum absolute atomic E-state index is 0.0506. The van der Waals surface area contributed by atoms with Gasteiger partial charge in [0, 0.05) is 45.7 Å². The number of carbonyl (C=O) groups is 1. The first-order valence-electron chi connectivity index (χ1n) is 9.58. The highest BCUT2D eigenvalue weighted by atomic mass is 32.2. The number of rotatable bonds is 8. The van der Waals surface area contributed by atoms with E-state index in [9.17, 15) is 9.90 Å². The fourth-order valence-corrected chi connectivity index (χ4v) is 3.59. The van der Waals surface area contributed by atoms with Crippen LogP contribution in [-0.4, -0.2) is 15.9 Å². The van der Waals surface area contributed by atoms with Crippen molar-refractivity contribution in [3.8, 4) is 11.5 Å². The van der Waals surface area contributed by atoms with Gasteiger partial charge in [0.25, 0.3) is 0 Å². The van der Waals surface area contributed by atoms with Crippen molar-refractivity contribution in [3.63, 3.8) is 0 Å². The van der Waals surface area contributed by atoms with Crippen LogP contribution in [0.2, 0.25) is 0 Å². The van der Waals surface area contributed by atoms with Gasteiger partial charge in [-0.1, -0.05) is 43.8 Å². The molecule has 2 aromatic carbocycles. The topological polar surface area (TPSA) is 59.4 Å². The van der Waals surface area contributed by atoms with Gasteiger partial charge in [-0.25, -0.2) is 0 Å². The third kappa shape index (κ3) is 5.61. The van der Waals surface area contributed by atoms with Crippen LogP contribution in [0, 0.1) is 12.8 Å². The van der Waals surface area contributed by atoms with Gasteiger partial charge in [0.15, 0.2) is 0 Å². The van der Waals surface area contributed by atoms with Gasteiger partial charge in [-0.3, -0.25) is 9.78 Å². The van der Waals surface area contributed by atoms with E-state index in [2.05, 4.69) is 17.1 Å². The lowest BCUT2D eigenvalue weighted by atomic mass is 9.98. The molecular formula is C24H25NO3S. The molecule has 0 bridgehead atoms. The van der Waals surface area contributed by atoms with Gasteiger partial charge in [0.05, 0.1) is 0 Å². The average Bonchev–Trinajstić information content (AvgIpc) is 2.72. The Balaban J connectivity index is 1.62. The number of pyridine rings is 1. The lowest BCUT2D eigenvalue weighted by Crippen LogP contribution is -2.10. The van der Waals surface area contributed by atoms with Crippen molar-refractivity contribution in [1.29, 1.82) is 0 Å². The molecule has 0 aliphatic heterocycles. The lowest BCUT2D eigenvalue weighted by Gasteiger charge is -2.14. The summed E-state index contributed by atoms with van der Waals surface area (Å²) in [5.74, 6) is 0.822. The van der Waals surface area contributed by atoms with Crippen LogP contribution in [0.3, 0.4) is 0 Å². The van der Waals surface area contributed by atoms with Crippen molar-refractivity contribution in [2.45, 2.75) is 43.6 Å². The summed E-state index contributed by atoms with van der Waals surface area (Å²) in [6, 6.07) is 15.8. The number of nitrogens with zero attached hydrogens (tertiary/aromatic N) is 1. The highest BCUT2D eigenvalue weighted by molar-refractivity contribution is 7.99. The zero-order valence-electron chi connectivity index (χ0n) is 16.9. The standard InChI is InChI=1S/C24H25NO3S/c1-16(2)22(26)14-19-6-9-23(17(3)24(19)27)28-15-18-4-7-20(8-5-18)29-21-10-12-25-13-11-21/h4-13,16,27H,14-15H2,1-3H3. The Kier molecular flexibility index (Phi) is 6.94. The van der Waals surface area contributed by atoms with E-state index in [1.54, 1.807) is 30.2 Å². The summed E-state index contributed by atoms with van der Waals surface area (Å²) in [5.41, 5.74) is 2.34. The van der Waals surface area contributed by atoms with Crippen LogP contribution in [0.5, 0.6) is 11.5 Å². The van der Waals surface area contributed by atoms with Crippen LogP contribution in [0.25, 0.3) is 0 Å². The number of hydrogen-bond donors (Lipinski definition) is 1. The van der Waals surface area contributed by atoms with Gasteiger partial charge < -0.3 is 9.84 Å². The van der Waals surface area contributed by atoms with Gasteiger partial charge in [0.2, 0.25) is 0 Å². The Labute approximate surface area is 176 Å². The fourth-order valence-electron chi connectivity index (χ4n) is 2.79. The summed E-state index contributed by atoms with van der Waals surface area (Å²) in [5, 5.41) is 10.4. The van der Waals surface area contributed by atoms with Gasteiger partial charge >= 0.3 is 0 Å². The highest BCUT2D eigenvalue weighted by Gasteiger charge is 2.15. The first-order chi connectivity index (χ1) is 13.9. The molecular weight excluding hydrogens is 382 g/mol. The smallest absolute Gasteiger partial charge is 0.139 e. The van der Waals surface area contributed by atoms with Gasteiger partial charge in [-0.15, -0.1) is 0 Å². The Morgan fingerprint density at radius 3 is 2.34 bits per heavy atom. The summed E-state index contributed by atoms with van der Waals surface area (Å²) in [7, 11) is 0. The number of phenols is 1. The van der Waals surface area contributed by atoms with Crippen LogP contribution < -0.4 is 4.74 Å². The zero-order chi connectivity index (χ0) is 20.8. The first-order valence-corrected chi connectivity index (χ1v) is 10.4. The van der Waals surface area contributed by atoms with Crippen molar-refractivity contribution in [3.05, 3.63) is 77.6 Å². The number of aromatic nitrogens is 1. The van der Waals surface area contributed by atoms with Crippen molar-refractivity contribution in [2.24, 2.45) is 5.92 Å². The molecule has 1 heterocycles. The van der Waals surface area contributed by atoms with Crippen molar-refractivity contribution >= 4 is 17.5 Å². The molecule has 0 aliphatic carbocycles. The lowest BCUT2D eigenvalue weighted by molar-refractivity contribution is -0.121. The molecule has 0 fully saturated rings. The summed E-state index contributed by atoms with van der Waals surface area (Å²) < 4.78 is 5.91.